The second-order valence-corrected chi connectivity index (χ2v) is 2.81. The summed E-state index contributed by atoms with van der Waals surface area (Å²) in [6, 6.07) is 7.95. The van der Waals surface area contributed by atoms with Crippen molar-refractivity contribution in [3.8, 4) is 0 Å². The highest BCUT2D eigenvalue weighted by molar-refractivity contribution is 9.08. The SMILES string of the molecule is Brn1cnc2ccccc21. The van der Waals surface area contributed by atoms with Gasteiger partial charge in [-0.1, -0.05) is 12.1 Å². The molecular weight excluding hydrogens is 192 g/mol. The fraction of sp³-hybridized carbons (Fsp3) is 0. The number of para-hydroxylation sites is 2. The van der Waals surface area contributed by atoms with Crippen LogP contribution in [-0.2, 0) is 0 Å². The van der Waals surface area contributed by atoms with Crippen molar-refractivity contribution >= 4 is 27.2 Å². The molecule has 3 heteroatoms. The maximum absolute atomic E-state index is 4.13. The van der Waals surface area contributed by atoms with Crippen LogP contribution in [0.25, 0.3) is 11.0 Å². The molecule has 1 aromatic heterocycles. The van der Waals surface area contributed by atoms with Crippen LogP contribution in [0.5, 0.6) is 0 Å². The molecule has 0 amide bonds. The molecule has 10 heavy (non-hydrogen) atoms. The number of halogens is 1. The van der Waals surface area contributed by atoms with E-state index in [0.717, 1.165) is 11.0 Å². The summed E-state index contributed by atoms with van der Waals surface area (Å²) in [5, 5.41) is 0. The average Bonchev–Trinajstić information content (AvgIpc) is 2.34. The van der Waals surface area contributed by atoms with Gasteiger partial charge in [0.05, 0.1) is 27.2 Å². The molecule has 0 aliphatic rings. The normalized spacial score (nSPS) is 10.5. The van der Waals surface area contributed by atoms with Crippen molar-refractivity contribution in [2.75, 3.05) is 0 Å². The van der Waals surface area contributed by atoms with Crippen LogP contribution >= 0.6 is 16.1 Å². The number of rotatable bonds is 0. The van der Waals surface area contributed by atoms with Crippen LogP contribution in [0.2, 0.25) is 0 Å². The van der Waals surface area contributed by atoms with Crippen molar-refractivity contribution < 1.29 is 0 Å². The molecule has 50 valence electrons. The first-order chi connectivity index (χ1) is 4.88. The van der Waals surface area contributed by atoms with E-state index in [-0.39, 0.29) is 0 Å². The number of aromatic nitrogens is 2. The summed E-state index contributed by atoms with van der Waals surface area (Å²) in [6.07, 6.45) is 1.74. The zero-order valence-corrected chi connectivity index (χ0v) is 6.75. The molecule has 0 saturated heterocycles. The van der Waals surface area contributed by atoms with E-state index in [0.29, 0.717) is 0 Å². The zero-order valence-electron chi connectivity index (χ0n) is 5.16. The first-order valence-electron chi connectivity index (χ1n) is 2.96. The van der Waals surface area contributed by atoms with E-state index in [9.17, 15) is 0 Å². The van der Waals surface area contributed by atoms with E-state index >= 15 is 0 Å². The Labute approximate surface area is 66.8 Å². The Balaban J connectivity index is 2.93. The molecule has 0 bridgehead atoms. The van der Waals surface area contributed by atoms with Gasteiger partial charge < -0.3 is 0 Å². The highest BCUT2D eigenvalue weighted by Crippen LogP contribution is 2.12. The Morgan fingerprint density at radius 2 is 2.10 bits per heavy atom. The minimum Gasteiger partial charge on any atom is -0.265 e. The van der Waals surface area contributed by atoms with E-state index in [1.807, 2.05) is 27.9 Å². The summed E-state index contributed by atoms with van der Waals surface area (Å²) in [4.78, 5) is 4.13. The third kappa shape index (κ3) is 0.743. The van der Waals surface area contributed by atoms with Crippen molar-refractivity contribution in [1.29, 1.82) is 0 Å². The summed E-state index contributed by atoms with van der Waals surface area (Å²) < 4.78 is 1.82. The molecule has 1 heterocycles. The lowest BCUT2D eigenvalue weighted by molar-refractivity contribution is 1.29. The monoisotopic (exact) mass is 196 g/mol. The van der Waals surface area contributed by atoms with E-state index in [1.54, 1.807) is 6.33 Å². The smallest absolute Gasteiger partial charge is 0.106 e. The van der Waals surface area contributed by atoms with Gasteiger partial charge in [0.15, 0.2) is 0 Å². The summed E-state index contributed by atoms with van der Waals surface area (Å²) >= 11 is 3.32. The van der Waals surface area contributed by atoms with Crippen molar-refractivity contribution in [2.45, 2.75) is 0 Å². The molecule has 0 aliphatic heterocycles. The van der Waals surface area contributed by atoms with Gasteiger partial charge in [-0.15, -0.1) is 0 Å². The molecule has 0 atom stereocenters. The van der Waals surface area contributed by atoms with Crippen molar-refractivity contribution in [2.24, 2.45) is 0 Å². The fourth-order valence-corrected chi connectivity index (χ4v) is 1.32. The summed E-state index contributed by atoms with van der Waals surface area (Å²) in [5.41, 5.74) is 2.11. The van der Waals surface area contributed by atoms with Crippen LogP contribution in [0.3, 0.4) is 0 Å². The van der Waals surface area contributed by atoms with Crippen LogP contribution < -0.4 is 0 Å². The average molecular weight is 197 g/mol. The van der Waals surface area contributed by atoms with Crippen molar-refractivity contribution in [1.82, 2.24) is 8.58 Å². The first kappa shape index (κ1) is 5.92. The van der Waals surface area contributed by atoms with Crippen LogP contribution in [0.15, 0.2) is 30.6 Å². The highest BCUT2D eigenvalue weighted by atomic mass is 79.9. The quantitative estimate of drug-likeness (QED) is 0.632. The number of imidazole rings is 1. The van der Waals surface area contributed by atoms with Gasteiger partial charge in [0.25, 0.3) is 0 Å². The van der Waals surface area contributed by atoms with Crippen molar-refractivity contribution in [3.63, 3.8) is 0 Å². The van der Waals surface area contributed by atoms with Gasteiger partial charge in [-0.05, 0) is 12.1 Å². The van der Waals surface area contributed by atoms with E-state index in [2.05, 4.69) is 21.1 Å². The molecular formula is C7H5BrN2. The molecule has 0 saturated carbocycles. The van der Waals surface area contributed by atoms with Gasteiger partial charge in [0.2, 0.25) is 0 Å². The van der Waals surface area contributed by atoms with Gasteiger partial charge in [0.1, 0.15) is 6.33 Å². The largest absolute Gasteiger partial charge is 0.265 e. The van der Waals surface area contributed by atoms with Gasteiger partial charge in [0, 0.05) is 0 Å². The van der Waals surface area contributed by atoms with Crippen LogP contribution in [0.1, 0.15) is 0 Å². The number of nitrogens with zero attached hydrogens (tertiary/aromatic N) is 2. The maximum atomic E-state index is 4.13. The Bertz CT molecular complexity index is 353. The Hall–Kier alpha value is -0.830. The lowest BCUT2D eigenvalue weighted by Crippen LogP contribution is -1.71. The lowest BCUT2D eigenvalue weighted by atomic mass is 10.3. The third-order valence-electron chi connectivity index (χ3n) is 1.41. The number of fused-ring (bicyclic) bond motifs is 1. The minimum atomic E-state index is 1.01. The summed E-state index contributed by atoms with van der Waals surface area (Å²) in [7, 11) is 0. The van der Waals surface area contributed by atoms with Crippen molar-refractivity contribution in [3.05, 3.63) is 30.6 Å². The van der Waals surface area contributed by atoms with Gasteiger partial charge in [-0.3, -0.25) is 3.59 Å². The Morgan fingerprint density at radius 1 is 1.30 bits per heavy atom. The summed E-state index contributed by atoms with van der Waals surface area (Å²) in [6.45, 7) is 0. The molecule has 0 spiro atoms. The number of hydrogen-bond donors (Lipinski definition) is 0. The maximum Gasteiger partial charge on any atom is 0.106 e. The number of hydrogen-bond acceptors (Lipinski definition) is 1. The molecule has 0 aliphatic carbocycles. The third-order valence-corrected chi connectivity index (χ3v) is 1.98. The fourth-order valence-electron chi connectivity index (χ4n) is 0.929. The van der Waals surface area contributed by atoms with E-state index in [4.69, 9.17) is 0 Å². The minimum absolute atomic E-state index is 1.01. The lowest BCUT2D eigenvalue weighted by Gasteiger charge is -1.87. The van der Waals surface area contributed by atoms with E-state index in [1.165, 1.54) is 0 Å². The molecule has 2 rings (SSSR count). The van der Waals surface area contributed by atoms with Gasteiger partial charge >= 0.3 is 0 Å². The predicted molar refractivity (Wildman–Crippen MR) is 44.1 cm³/mol. The van der Waals surface area contributed by atoms with Crippen LogP contribution in [-0.4, -0.2) is 8.58 Å². The molecule has 0 radical (unpaired) electrons. The van der Waals surface area contributed by atoms with E-state index < -0.39 is 0 Å². The molecule has 0 fully saturated rings. The van der Waals surface area contributed by atoms with Gasteiger partial charge in [-0.25, -0.2) is 4.98 Å². The molecule has 0 unspecified atom stereocenters. The predicted octanol–water partition coefficient (Wildman–Crippen LogP) is 2.19. The van der Waals surface area contributed by atoms with Gasteiger partial charge in [-0.2, -0.15) is 0 Å². The molecule has 2 nitrogen and oxygen atoms in total. The van der Waals surface area contributed by atoms with Crippen LogP contribution in [0, 0.1) is 0 Å². The second-order valence-electron chi connectivity index (χ2n) is 2.04. The second kappa shape index (κ2) is 2.09. The number of benzene rings is 1. The zero-order chi connectivity index (χ0) is 6.97. The molecule has 1 aromatic carbocycles. The van der Waals surface area contributed by atoms with Crippen LogP contribution in [0.4, 0.5) is 0 Å². The molecule has 2 aromatic rings. The highest BCUT2D eigenvalue weighted by Gasteiger charge is 1.95. The first-order valence-corrected chi connectivity index (χ1v) is 3.67. The Kier molecular flexibility index (Phi) is 1.24. The summed E-state index contributed by atoms with van der Waals surface area (Å²) in [5.74, 6) is 0. The Morgan fingerprint density at radius 3 is 2.90 bits per heavy atom. The molecule has 0 N–H and O–H groups in total. The topological polar surface area (TPSA) is 17.8 Å². The standard InChI is InChI=1S/C7H5BrN2/c8-10-5-9-6-3-1-2-4-7(6)10/h1-5H.